The van der Waals surface area contributed by atoms with E-state index in [-0.39, 0.29) is 22.9 Å². The Morgan fingerprint density at radius 1 is 1.02 bits per heavy atom. The number of nitrogens with one attached hydrogen (secondary N) is 1. The monoisotopic (exact) mass is 684 g/mol. The van der Waals surface area contributed by atoms with E-state index >= 15 is 0 Å². The number of hydrogen-bond acceptors (Lipinski definition) is 7. The molecule has 0 atom stereocenters. The van der Waals surface area contributed by atoms with E-state index in [4.69, 9.17) is 25.8 Å². The summed E-state index contributed by atoms with van der Waals surface area (Å²) in [6.45, 7) is -0.476. The molecule has 0 aromatic heterocycles. The Labute approximate surface area is 255 Å². The molecule has 1 fully saturated rings. The maximum atomic E-state index is 13.1. The van der Waals surface area contributed by atoms with Gasteiger partial charge in [0.25, 0.3) is 11.1 Å². The summed E-state index contributed by atoms with van der Waals surface area (Å²) in [4.78, 5) is 39.0. The van der Waals surface area contributed by atoms with Gasteiger partial charge in [0.15, 0.2) is 11.5 Å². The lowest BCUT2D eigenvalue weighted by molar-refractivity contribution is -0.137. The first-order valence-corrected chi connectivity index (χ1v) is 13.9. The average molecular weight is 686 g/mol. The fraction of sp³-hybridized carbons (Fsp3) is 0.179. The topological polar surface area (TPSA) is 94.2 Å². The normalized spacial score (nSPS) is 14.4. The Morgan fingerprint density at radius 3 is 2.36 bits per heavy atom. The summed E-state index contributed by atoms with van der Waals surface area (Å²) in [5.74, 6) is -0.866. The fourth-order valence-electron chi connectivity index (χ4n) is 3.77. The predicted octanol–water partition coefficient (Wildman–Crippen LogP) is 7.39. The van der Waals surface area contributed by atoms with Crippen LogP contribution in [0.25, 0.3) is 6.08 Å². The molecule has 0 aliphatic carbocycles. The van der Waals surface area contributed by atoms with Crippen molar-refractivity contribution in [2.75, 3.05) is 26.1 Å². The molecule has 0 radical (unpaired) electrons. The molecule has 1 N–H and O–H groups in total. The van der Waals surface area contributed by atoms with Gasteiger partial charge >= 0.3 is 6.18 Å². The molecule has 0 bridgehead atoms. The summed E-state index contributed by atoms with van der Waals surface area (Å²) in [5.41, 5.74) is 0.115. The van der Waals surface area contributed by atoms with Gasteiger partial charge in [-0.25, -0.2) is 0 Å². The second-order valence-electron chi connectivity index (χ2n) is 8.67. The van der Waals surface area contributed by atoms with Crippen molar-refractivity contribution in [3.63, 3.8) is 0 Å². The number of methoxy groups -OCH3 is 2. The lowest BCUT2D eigenvalue weighted by Gasteiger charge is -2.16. The summed E-state index contributed by atoms with van der Waals surface area (Å²) in [6.07, 6.45) is -3.20. The van der Waals surface area contributed by atoms with Crippen molar-refractivity contribution in [3.05, 3.63) is 85.7 Å². The third-order valence-corrected chi connectivity index (χ3v) is 7.70. The minimum absolute atomic E-state index is 0.0234. The molecule has 0 saturated carbocycles. The van der Waals surface area contributed by atoms with Gasteiger partial charge in [-0.1, -0.05) is 39.7 Å². The predicted molar refractivity (Wildman–Crippen MR) is 156 cm³/mol. The quantitative estimate of drug-likeness (QED) is 0.235. The van der Waals surface area contributed by atoms with Crippen LogP contribution in [0.1, 0.15) is 16.7 Å². The number of alkyl halides is 3. The van der Waals surface area contributed by atoms with Gasteiger partial charge in [0.2, 0.25) is 5.91 Å². The van der Waals surface area contributed by atoms with Gasteiger partial charge in [-0.2, -0.15) is 13.2 Å². The highest BCUT2D eigenvalue weighted by Crippen LogP contribution is 2.39. The van der Waals surface area contributed by atoms with Gasteiger partial charge in [0, 0.05) is 9.50 Å². The number of amides is 3. The number of hydrogen-bond donors (Lipinski definition) is 1. The highest BCUT2D eigenvalue weighted by Gasteiger charge is 2.37. The molecule has 1 aliphatic heterocycles. The maximum absolute atomic E-state index is 13.1. The fourth-order valence-corrected chi connectivity index (χ4v) is 5.16. The molecule has 3 aromatic carbocycles. The van der Waals surface area contributed by atoms with Crippen LogP contribution in [-0.2, 0) is 22.4 Å². The van der Waals surface area contributed by atoms with Crippen LogP contribution in [0.4, 0.5) is 23.7 Å². The molecule has 0 unspecified atom stereocenters. The number of imide groups is 1. The summed E-state index contributed by atoms with van der Waals surface area (Å²) in [6, 6.07) is 13.0. The third kappa shape index (κ3) is 7.39. The first-order valence-electron chi connectivity index (χ1n) is 11.9. The van der Waals surface area contributed by atoms with Crippen LogP contribution in [0, 0.1) is 0 Å². The largest absolute Gasteiger partial charge is 0.495 e. The zero-order chi connectivity index (χ0) is 30.6. The van der Waals surface area contributed by atoms with Gasteiger partial charge in [-0.05, 0) is 71.4 Å². The summed E-state index contributed by atoms with van der Waals surface area (Å²) in [7, 11) is 2.68. The first-order chi connectivity index (χ1) is 19.9. The van der Waals surface area contributed by atoms with Crippen LogP contribution < -0.4 is 19.5 Å². The third-order valence-electron chi connectivity index (χ3n) is 5.85. The minimum atomic E-state index is -4.65. The van der Waals surface area contributed by atoms with E-state index in [1.54, 1.807) is 24.3 Å². The molecule has 4 rings (SSSR count). The Hall–Kier alpha value is -3.68. The Morgan fingerprint density at radius 2 is 1.71 bits per heavy atom. The SMILES string of the molecule is COc1ccc(C(F)(F)F)cc1NC(=O)CN1C(=O)S/C(=C\c2cc(OC)c(OCc3ccc(Cl)cc3)cc2Br)C1=O. The zero-order valence-corrected chi connectivity index (χ0v) is 25.0. The standard InChI is InChI=1S/C28H21BrClF3N2O6S/c1-39-21-8-5-17(28(31,32)33)11-20(21)34-25(36)13-35-26(37)24(42-27(35)38)10-16-9-22(40-2)23(12-19(16)29)41-14-15-3-6-18(30)7-4-15/h3-12H,13-14H2,1-2H3,(H,34,36)/b24-10-. The summed E-state index contributed by atoms with van der Waals surface area (Å²) >= 11 is 9.98. The van der Waals surface area contributed by atoms with Crippen molar-refractivity contribution >= 4 is 68.1 Å². The number of ether oxygens (including phenoxy) is 3. The number of rotatable bonds is 9. The van der Waals surface area contributed by atoms with E-state index in [0.29, 0.717) is 49.3 Å². The molecule has 1 heterocycles. The summed E-state index contributed by atoms with van der Waals surface area (Å²) < 4.78 is 56.3. The number of anilines is 1. The van der Waals surface area contributed by atoms with Crippen LogP contribution in [0.2, 0.25) is 5.02 Å². The van der Waals surface area contributed by atoms with E-state index in [1.165, 1.54) is 20.3 Å². The number of carbonyl (C=O) groups is 3. The molecule has 3 amide bonds. The van der Waals surface area contributed by atoms with E-state index in [0.717, 1.165) is 17.7 Å². The van der Waals surface area contributed by atoms with Crippen molar-refractivity contribution in [3.8, 4) is 17.2 Å². The molecule has 3 aromatic rings. The molecule has 220 valence electrons. The lowest BCUT2D eigenvalue weighted by Crippen LogP contribution is -2.36. The minimum Gasteiger partial charge on any atom is -0.495 e. The van der Waals surface area contributed by atoms with Gasteiger partial charge in [0.1, 0.15) is 18.9 Å². The van der Waals surface area contributed by atoms with Crippen molar-refractivity contribution in [1.82, 2.24) is 4.90 Å². The Balaban J connectivity index is 1.48. The van der Waals surface area contributed by atoms with Crippen LogP contribution in [0.5, 0.6) is 17.2 Å². The van der Waals surface area contributed by atoms with Crippen LogP contribution in [0.3, 0.4) is 0 Å². The number of carbonyl (C=O) groups excluding carboxylic acids is 3. The van der Waals surface area contributed by atoms with Crippen molar-refractivity contribution < 1.29 is 41.8 Å². The highest BCUT2D eigenvalue weighted by molar-refractivity contribution is 9.10. The molecule has 1 saturated heterocycles. The van der Waals surface area contributed by atoms with Gasteiger partial charge in [-0.3, -0.25) is 19.3 Å². The van der Waals surface area contributed by atoms with Gasteiger partial charge in [-0.15, -0.1) is 0 Å². The van der Waals surface area contributed by atoms with Crippen molar-refractivity contribution in [2.45, 2.75) is 12.8 Å². The van der Waals surface area contributed by atoms with Crippen LogP contribution >= 0.6 is 39.3 Å². The second-order valence-corrected chi connectivity index (χ2v) is 11.0. The first kappa shape index (κ1) is 31.3. The van der Waals surface area contributed by atoms with Gasteiger partial charge < -0.3 is 19.5 Å². The van der Waals surface area contributed by atoms with E-state index in [9.17, 15) is 27.6 Å². The molecule has 14 heteroatoms. The number of halogens is 5. The molecule has 1 aliphatic rings. The number of benzene rings is 3. The Kier molecular flexibility index (Phi) is 9.74. The van der Waals surface area contributed by atoms with E-state index in [2.05, 4.69) is 21.2 Å². The number of thioether (sulfide) groups is 1. The van der Waals surface area contributed by atoms with Crippen molar-refractivity contribution in [2.24, 2.45) is 0 Å². The molecule has 0 spiro atoms. The van der Waals surface area contributed by atoms with E-state index < -0.39 is 35.3 Å². The molecule has 8 nitrogen and oxygen atoms in total. The number of nitrogens with zero attached hydrogens (tertiary/aromatic N) is 1. The summed E-state index contributed by atoms with van der Waals surface area (Å²) in [5, 5.41) is 2.16. The van der Waals surface area contributed by atoms with E-state index in [1.807, 2.05) is 12.1 Å². The second kappa shape index (κ2) is 13.1. The maximum Gasteiger partial charge on any atom is 0.416 e. The average Bonchev–Trinajstić information content (AvgIpc) is 3.20. The van der Waals surface area contributed by atoms with Crippen LogP contribution in [-0.4, -0.2) is 42.7 Å². The van der Waals surface area contributed by atoms with Gasteiger partial charge in [0.05, 0.1) is 30.4 Å². The van der Waals surface area contributed by atoms with Crippen LogP contribution in [0.15, 0.2) is 64.0 Å². The lowest BCUT2D eigenvalue weighted by atomic mass is 10.1. The molecule has 42 heavy (non-hydrogen) atoms. The smallest absolute Gasteiger partial charge is 0.416 e. The molecular formula is C28H21BrClF3N2O6S. The van der Waals surface area contributed by atoms with Crippen molar-refractivity contribution in [1.29, 1.82) is 0 Å². The molecular weight excluding hydrogens is 665 g/mol. The Bertz CT molecular complexity index is 1570. The zero-order valence-electron chi connectivity index (χ0n) is 21.9. The highest BCUT2D eigenvalue weighted by atomic mass is 79.9.